The van der Waals surface area contributed by atoms with Crippen LogP contribution in [0.2, 0.25) is 0 Å². The van der Waals surface area contributed by atoms with E-state index in [1.165, 1.54) is 12.1 Å². The van der Waals surface area contributed by atoms with Crippen molar-refractivity contribution in [1.29, 1.82) is 0 Å². The zero-order valence-corrected chi connectivity index (χ0v) is 6.44. The lowest BCUT2D eigenvalue weighted by Gasteiger charge is -1.99. The minimum Gasteiger partial charge on any atom is -0.508 e. The molecule has 0 aromatic heterocycles. The van der Waals surface area contributed by atoms with E-state index in [4.69, 9.17) is 5.11 Å². The molecule has 1 rings (SSSR count). The monoisotopic (exact) mass is 165 g/mol. The highest BCUT2D eigenvalue weighted by Gasteiger charge is 2.09. The summed E-state index contributed by atoms with van der Waals surface area (Å²) in [6, 6.07) is 4.21. The lowest BCUT2D eigenvalue weighted by Crippen LogP contribution is -1.96. The van der Waals surface area contributed by atoms with Crippen LogP contribution in [0.3, 0.4) is 0 Å². The highest BCUT2D eigenvalue weighted by atomic mass is 16.3. The summed E-state index contributed by atoms with van der Waals surface area (Å²) < 4.78 is 0. The molecular weight excluding hydrogens is 158 g/mol. The Morgan fingerprint density at radius 1 is 1.50 bits per heavy atom. The second-order valence-electron chi connectivity index (χ2n) is 2.40. The first-order chi connectivity index (χ1) is 5.65. The molecule has 0 fully saturated rings. The molecule has 12 heavy (non-hydrogen) atoms. The van der Waals surface area contributed by atoms with Gasteiger partial charge in [-0.3, -0.25) is 4.79 Å². The maximum Gasteiger partial charge on any atom is 0.317 e. The van der Waals surface area contributed by atoms with Crippen LogP contribution in [0.25, 0.3) is 0 Å². The third kappa shape index (κ3) is 1.47. The number of amides is 1. The van der Waals surface area contributed by atoms with E-state index < -0.39 is 5.91 Å². The average Bonchev–Trinajstić information content (AvgIpc) is 2.08. The molecule has 62 valence electrons. The lowest BCUT2D eigenvalue weighted by molar-refractivity contribution is 0.1000. The standard InChI is InChI=1S/C8H7NO3/c1-5-2-3-6(10)4-7(5)8(11)9-12/h2-4,10H,1H3. The third-order valence-corrected chi connectivity index (χ3v) is 1.53. The summed E-state index contributed by atoms with van der Waals surface area (Å²) in [5.41, 5.74) is 0.766. The third-order valence-electron chi connectivity index (χ3n) is 1.53. The smallest absolute Gasteiger partial charge is 0.317 e. The normalized spacial score (nSPS) is 9.42. The molecular formula is C8H7NO3. The fourth-order valence-corrected chi connectivity index (χ4v) is 0.890. The number of nitrogens with zero attached hydrogens (tertiary/aromatic N) is 1. The molecule has 0 radical (unpaired) electrons. The van der Waals surface area contributed by atoms with Gasteiger partial charge in [-0.05, 0) is 24.6 Å². The van der Waals surface area contributed by atoms with E-state index in [2.05, 4.69) is 5.18 Å². The minimum atomic E-state index is -0.858. The Morgan fingerprint density at radius 2 is 2.17 bits per heavy atom. The zero-order chi connectivity index (χ0) is 9.14. The van der Waals surface area contributed by atoms with Crippen LogP contribution in [0.15, 0.2) is 23.4 Å². The van der Waals surface area contributed by atoms with Gasteiger partial charge in [0.15, 0.2) is 0 Å². The highest BCUT2D eigenvalue weighted by molar-refractivity contribution is 5.96. The van der Waals surface area contributed by atoms with Crippen molar-refractivity contribution in [2.45, 2.75) is 6.92 Å². The molecule has 0 aliphatic heterocycles. The summed E-state index contributed by atoms with van der Waals surface area (Å²) in [5.74, 6) is -0.906. The van der Waals surface area contributed by atoms with Crippen molar-refractivity contribution >= 4 is 5.91 Å². The number of aryl methyl sites for hydroxylation is 1. The summed E-state index contributed by atoms with van der Waals surface area (Å²) in [4.78, 5) is 20.7. The van der Waals surface area contributed by atoms with E-state index in [1.807, 2.05) is 0 Å². The van der Waals surface area contributed by atoms with E-state index in [0.717, 1.165) is 0 Å². The summed E-state index contributed by atoms with van der Waals surface area (Å²) in [5, 5.41) is 11.2. The molecule has 0 spiro atoms. The quantitative estimate of drug-likeness (QED) is 0.642. The van der Waals surface area contributed by atoms with E-state index in [0.29, 0.717) is 5.56 Å². The largest absolute Gasteiger partial charge is 0.508 e. The van der Waals surface area contributed by atoms with E-state index in [9.17, 15) is 9.70 Å². The Labute approximate surface area is 68.8 Å². The number of hydrogen-bond acceptors (Lipinski definition) is 3. The lowest BCUT2D eigenvalue weighted by atomic mass is 10.1. The number of carbonyl (C=O) groups is 1. The van der Waals surface area contributed by atoms with Crippen molar-refractivity contribution in [3.63, 3.8) is 0 Å². The van der Waals surface area contributed by atoms with Crippen molar-refractivity contribution in [2.24, 2.45) is 5.18 Å². The van der Waals surface area contributed by atoms with E-state index in [1.54, 1.807) is 13.0 Å². The summed E-state index contributed by atoms with van der Waals surface area (Å²) in [7, 11) is 0. The SMILES string of the molecule is Cc1ccc(O)cc1C(=O)N=O. The number of rotatable bonds is 1. The predicted octanol–water partition coefficient (Wildman–Crippen LogP) is 1.61. The van der Waals surface area contributed by atoms with Gasteiger partial charge in [-0.15, -0.1) is 4.91 Å². The molecule has 0 atom stereocenters. The van der Waals surface area contributed by atoms with E-state index >= 15 is 0 Å². The maximum absolute atomic E-state index is 10.8. The van der Waals surface area contributed by atoms with Crippen molar-refractivity contribution in [2.75, 3.05) is 0 Å². The Bertz CT molecular complexity index is 333. The first-order valence-electron chi connectivity index (χ1n) is 3.32. The Morgan fingerprint density at radius 3 is 2.75 bits per heavy atom. The number of hydrogen-bond donors (Lipinski definition) is 1. The topological polar surface area (TPSA) is 66.7 Å². The Kier molecular flexibility index (Phi) is 2.19. The molecule has 4 heteroatoms. The maximum atomic E-state index is 10.8. The summed E-state index contributed by atoms with van der Waals surface area (Å²) >= 11 is 0. The molecule has 1 amide bonds. The summed E-state index contributed by atoms with van der Waals surface area (Å²) in [6.45, 7) is 1.66. The molecule has 0 aliphatic carbocycles. The first kappa shape index (κ1) is 8.39. The van der Waals surface area contributed by atoms with Crippen LogP contribution in [-0.2, 0) is 0 Å². The van der Waals surface area contributed by atoms with Gasteiger partial charge in [0.1, 0.15) is 5.75 Å². The van der Waals surface area contributed by atoms with Gasteiger partial charge in [-0.25, -0.2) is 0 Å². The van der Waals surface area contributed by atoms with Gasteiger partial charge in [0, 0.05) is 5.18 Å². The number of carbonyl (C=O) groups excluding carboxylic acids is 1. The Balaban J connectivity index is 3.22. The van der Waals surface area contributed by atoms with Crippen LogP contribution in [0, 0.1) is 11.8 Å². The number of nitroso groups, excluding NO2 is 1. The predicted molar refractivity (Wildman–Crippen MR) is 43.0 cm³/mol. The number of phenols is 1. The van der Waals surface area contributed by atoms with Crippen LogP contribution in [0.4, 0.5) is 0 Å². The van der Waals surface area contributed by atoms with Gasteiger partial charge in [0.05, 0.1) is 5.56 Å². The average molecular weight is 165 g/mol. The zero-order valence-electron chi connectivity index (χ0n) is 6.44. The van der Waals surface area contributed by atoms with Crippen LogP contribution >= 0.6 is 0 Å². The van der Waals surface area contributed by atoms with Crippen molar-refractivity contribution in [3.8, 4) is 5.75 Å². The van der Waals surface area contributed by atoms with Gasteiger partial charge in [-0.2, -0.15) is 0 Å². The number of benzene rings is 1. The van der Waals surface area contributed by atoms with Gasteiger partial charge in [0.25, 0.3) is 0 Å². The number of phenolic OH excluding ortho intramolecular Hbond substituents is 1. The van der Waals surface area contributed by atoms with Crippen molar-refractivity contribution in [3.05, 3.63) is 34.2 Å². The molecule has 0 aliphatic rings. The van der Waals surface area contributed by atoms with Crippen LogP contribution in [0.5, 0.6) is 5.75 Å². The molecule has 1 aromatic carbocycles. The molecule has 0 heterocycles. The Hall–Kier alpha value is -1.71. The van der Waals surface area contributed by atoms with Gasteiger partial charge >= 0.3 is 5.91 Å². The molecule has 1 aromatic rings. The molecule has 1 N–H and O–H groups in total. The molecule has 0 saturated heterocycles. The van der Waals surface area contributed by atoms with Gasteiger partial charge in [0.2, 0.25) is 0 Å². The molecule has 0 saturated carbocycles. The molecule has 0 unspecified atom stereocenters. The minimum absolute atomic E-state index is 0.0485. The number of aromatic hydroxyl groups is 1. The van der Waals surface area contributed by atoms with Gasteiger partial charge in [-0.1, -0.05) is 6.07 Å². The fourth-order valence-electron chi connectivity index (χ4n) is 0.890. The second kappa shape index (κ2) is 3.13. The van der Waals surface area contributed by atoms with Crippen LogP contribution < -0.4 is 0 Å². The molecule has 4 nitrogen and oxygen atoms in total. The second-order valence-corrected chi connectivity index (χ2v) is 2.40. The van der Waals surface area contributed by atoms with Crippen molar-refractivity contribution in [1.82, 2.24) is 0 Å². The fraction of sp³-hybridized carbons (Fsp3) is 0.125. The molecule has 0 bridgehead atoms. The van der Waals surface area contributed by atoms with Crippen LogP contribution in [-0.4, -0.2) is 11.0 Å². The van der Waals surface area contributed by atoms with Crippen LogP contribution in [0.1, 0.15) is 15.9 Å². The summed E-state index contributed by atoms with van der Waals surface area (Å²) in [6.07, 6.45) is 0. The van der Waals surface area contributed by atoms with Crippen molar-refractivity contribution < 1.29 is 9.90 Å². The highest BCUT2D eigenvalue weighted by Crippen LogP contribution is 2.16. The first-order valence-corrected chi connectivity index (χ1v) is 3.32. The van der Waals surface area contributed by atoms with Gasteiger partial charge < -0.3 is 5.11 Å². The van der Waals surface area contributed by atoms with E-state index in [-0.39, 0.29) is 11.3 Å².